The number of aromatic nitrogens is 4. The Morgan fingerprint density at radius 3 is 2.67 bits per heavy atom. The zero-order valence-corrected chi connectivity index (χ0v) is 11.8. The highest BCUT2D eigenvalue weighted by atomic mass is 15.4. The van der Waals surface area contributed by atoms with E-state index in [4.69, 9.17) is 0 Å². The van der Waals surface area contributed by atoms with Crippen molar-refractivity contribution in [2.45, 2.75) is 13.0 Å². The Morgan fingerprint density at radius 2 is 1.95 bits per heavy atom. The fourth-order valence-electron chi connectivity index (χ4n) is 2.35. The van der Waals surface area contributed by atoms with Crippen molar-refractivity contribution in [2.24, 2.45) is 0 Å². The maximum Gasteiger partial charge on any atom is 0.0861 e. The Morgan fingerprint density at radius 1 is 1.10 bits per heavy atom. The van der Waals surface area contributed by atoms with E-state index in [1.54, 1.807) is 12.4 Å². The van der Waals surface area contributed by atoms with Gasteiger partial charge in [0.05, 0.1) is 23.6 Å². The lowest BCUT2D eigenvalue weighted by molar-refractivity contribution is 0.590. The lowest BCUT2D eigenvalue weighted by Gasteiger charge is -2.18. The van der Waals surface area contributed by atoms with Crippen LogP contribution in [0.15, 0.2) is 61.1 Å². The number of nitrogens with zero attached hydrogens (tertiary/aromatic N) is 4. The van der Waals surface area contributed by atoms with Crippen LogP contribution < -0.4 is 5.32 Å². The second-order valence-corrected chi connectivity index (χ2v) is 4.68. The van der Waals surface area contributed by atoms with Gasteiger partial charge in [0.2, 0.25) is 0 Å². The molecule has 0 bridgehead atoms. The molecule has 1 aromatic carbocycles. The number of rotatable bonds is 5. The molecule has 21 heavy (non-hydrogen) atoms. The topological polar surface area (TPSA) is 55.6 Å². The molecule has 5 nitrogen and oxygen atoms in total. The summed E-state index contributed by atoms with van der Waals surface area (Å²) in [6.45, 7) is 2.93. The molecule has 2 aromatic heterocycles. The maximum atomic E-state index is 4.22. The Labute approximate surface area is 123 Å². The molecule has 0 aliphatic carbocycles. The average Bonchev–Trinajstić information content (AvgIpc) is 3.03. The normalized spacial score (nSPS) is 12.2. The first-order valence-corrected chi connectivity index (χ1v) is 6.99. The average molecular weight is 279 g/mol. The van der Waals surface area contributed by atoms with Gasteiger partial charge >= 0.3 is 0 Å². The van der Waals surface area contributed by atoms with Crippen LogP contribution in [0.25, 0.3) is 5.69 Å². The zero-order valence-electron chi connectivity index (χ0n) is 11.8. The van der Waals surface area contributed by atoms with E-state index < -0.39 is 0 Å². The summed E-state index contributed by atoms with van der Waals surface area (Å²) >= 11 is 0. The Hall–Kier alpha value is -2.53. The SMILES string of the molecule is CCNC(c1cccnc1)c1cnnn1-c1ccccc1. The molecule has 0 spiro atoms. The van der Waals surface area contributed by atoms with Gasteiger partial charge < -0.3 is 5.32 Å². The van der Waals surface area contributed by atoms with Gasteiger partial charge in [0, 0.05) is 12.4 Å². The second kappa shape index (κ2) is 6.28. The fourth-order valence-corrected chi connectivity index (χ4v) is 2.35. The smallest absolute Gasteiger partial charge is 0.0861 e. The van der Waals surface area contributed by atoms with Crippen LogP contribution in [0.1, 0.15) is 24.2 Å². The van der Waals surface area contributed by atoms with E-state index in [1.165, 1.54) is 0 Å². The van der Waals surface area contributed by atoms with Gasteiger partial charge in [-0.15, -0.1) is 5.10 Å². The summed E-state index contributed by atoms with van der Waals surface area (Å²) in [6, 6.07) is 14.0. The van der Waals surface area contributed by atoms with E-state index >= 15 is 0 Å². The molecule has 0 saturated carbocycles. The first-order valence-electron chi connectivity index (χ1n) is 6.99. The number of pyridine rings is 1. The number of hydrogen-bond acceptors (Lipinski definition) is 4. The van der Waals surface area contributed by atoms with Crippen molar-refractivity contribution >= 4 is 0 Å². The molecule has 3 aromatic rings. The lowest BCUT2D eigenvalue weighted by atomic mass is 10.1. The van der Waals surface area contributed by atoms with Crippen molar-refractivity contribution in [3.8, 4) is 5.69 Å². The van der Waals surface area contributed by atoms with Crippen molar-refractivity contribution in [3.05, 3.63) is 72.3 Å². The molecular formula is C16H17N5. The highest BCUT2D eigenvalue weighted by Crippen LogP contribution is 2.22. The minimum Gasteiger partial charge on any atom is -0.305 e. The van der Waals surface area contributed by atoms with Crippen LogP contribution in [-0.4, -0.2) is 26.5 Å². The Balaban J connectivity index is 2.04. The van der Waals surface area contributed by atoms with Gasteiger partial charge in [-0.3, -0.25) is 4.98 Å². The zero-order chi connectivity index (χ0) is 14.5. The summed E-state index contributed by atoms with van der Waals surface area (Å²) in [7, 11) is 0. The predicted molar refractivity (Wildman–Crippen MR) is 81.1 cm³/mol. The number of para-hydroxylation sites is 1. The maximum absolute atomic E-state index is 4.22. The van der Waals surface area contributed by atoms with Crippen molar-refractivity contribution in [1.82, 2.24) is 25.3 Å². The van der Waals surface area contributed by atoms with Crippen LogP contribution in [0.3, 0.4) is 0 Å². The van der Waals surface area contributed by atoms with E-state index in [2.05, 4.69) is 33.6 Å². The summed E-state index contributed by atoms with van der Waals surface area (Å²) in [5, 5.41) is 11.8. The summed E-state index contributed by atoms with van der Waals surface area (Å²) < 4.78 is 1.86. The van der Waals surface area contributed by atoms with Gasteiger partial charge in [0.25, 0.3) is 0 Å². The third-order valence-electron chi connectivity index (χ3n) is 3.30. The molecule has 0 radical (unpaired) electrons. The number of benzene rings is 1. The molecule has 1 atom stereocenters. The third-order valence-corrected chi connectivity index (χ3v) is 3.30. The van der Waals surface area contributed by atoms with Crippen molar-refractivity contribution in [3.63, 3.8) is 0 Å². The van der Waals surface area contributed by atoms with Crippen molar-refractivity contribution in [2.75, 3.05) is 6.54 Å². The summed E-state index contributed by atoms with van der Waals surface area (Å²) in [6.07, 6.45) is 5.45. The molecule has 1 N–H and O–H groups in total. The molecule has 0 amide bonds. The van der Waals surface area contributed by atoms with E-state index in [9.17, 15) is 0 Å². The van der Waals surface area contributed by atoms with E-state index in [1.807, 2.05) is 47.3 Å². The molecular weight excluding hydrogens is 262 g/mol. The van der Waals surface area contributed by atoms with Crippen LogP contribution in [0, 0.1) is 0 Å². The fraction of sp³-hybridized carbons (Fsp3) is 0.188. The summed E-state index contributed by atoms with van der Waals surface area (Å²) in [5.41, 5.74) is 3.09. The van der Waals surface area contributed by atoms with Crippen LogP contribution >= 0.6 is 0 Å². The Kier molecular flexibility index (Phi) is 4.02. The van der Waals surface area contributed by atoms with Crippen LogP contribution in [0.5, 0.6) is 0 Å². The third kappa shape index (κ3) is 2.83. The van der Waals surface area contributed by atoms with Gasteiger partial charge in [-0.05, 0) is 30.3 Å². The van der Waals surface area contributed by atoms with Gasteiger partial charge in [-0.25, -0.2) is 4.68 Å². The van der Waals surface area contributed by atoms with Gasteiger partial charge in [-0.2, -0.15) is 0 Å². The molecule has 2 heterocycles. The van der Waals surface area contributed by atoms with E-state index in [-0.39, 0.29) is 6.04 Å². The van der Waals surface area contributed by atoms with Crippen molar-refractivity contribution < 1.29 is 0 Å². The Bertz CT molecular complexity index is 678. The first kappa shape index (κ1) is 13.5. The van der Waals surface area contributed by atoms with Crippen molar-refractivity contribution in [1.29, 1.82) is 0 Å². The largest absolute Gasteiger partial charge is 0.305 e. The molecule has 0 saturated heterocycles. The predicted octanol–water partition coefficient (Wildman–Crippen LogP) is 2.36. The number of hydrogen-bond donors (Lipinski definition) is 1. The molecule has 0 fully saturated rings. The van der Waals surface area contributed by atoms with Crippen LogP contribution in [0.4, 0.5) is 0 Å². The van der Waals surface area contributed by atoms with Gasteiger partial charge in [0.15, 0.2) is 0 Å². The molecule has 5 heteroatoms. The van der Waals surface area contributed by atoms with E-state index in [0.29, 0.717) is 0 Å². The molecule has 1 unspecified atom stereocenters. The highest BCUT2D eigenvalue weighted by molar-refractivity contribution is 5.34. The minimum absolute atomic E-state index is 0.0129. The quantitative estimate of drug-likeness (QED) is 0.779. The molecule has 0 aliphatic heterocycles. The summed E-state index contributed by atoms with van der Waals surface area (Å²) in [5.74, 6) is 0. The first-order chi connectivity index (χ1) is 10.4. The standard InChI is InChI=1S/C16H17N5/c1-2-18-16(13-7-6-10-17-11-13)15-12-19-20-21(15)14-8-4-3-5-9-14/h3-12,16,18H,2H2,1H3. The lowest BCUT2D eigenvalue weighted by Crippen LogP contribution is -2.24. The van der Waals surface area contributed by atoms with Crippen LogP contribution in [0.2, 0.25) is 0 Å². The minimum atomic E-state index is 0.0129. The molecule has 0 aliphatic rings. The monoisotopic (exact) mass is 279 g/mol. The molecule has 106 valence electrons. The van der Waals surface area contributed by atoms with Gasteiger partial charge in [0.1, 0.15) is 0 Å². The van der Waals surface area contributed by atoms with E-state index in [0.717, 1.165) is 23.5 Å². The number of nitrogens with one attached hydrogen (secondary N) is 1. The van der Waals surface area contributed by atoms with Gasteiger partial charge in [-0.1, -0.05) is 36.4 Å². The van der Waals surface area contributed by atoms with Crippen LogP contribution in [-0.2, 0) is 0 Å². The molecule has 3 rings (SSSR count). The second-order valence-electron chi connectivity index (χ2n) is 4.68. The highest BCUT2D eigenvalue weighted by Gasteiger charge is 2.19. The summed E-state index contributed by atoms with van der Waals surface area (Å²) in [4.78, 5) is 4.21.